The van der Waals surface area contributed by atoms with E-state index in [1.165, 1.54) is 12.1 Å². The smallest absolute Gasteiger partial charge is 0.123 e. The Kier molecular flexibility index (Phi) is 5.95. The Morgan fingerprint density at radius 3 is 2.80 bits per heavy atom. The second kappa shape index (κ2) is 7.72. The Morgan fingerprint density at radius 2 is 2.10 bits per heavy atom. The van der Waals surface area contributed by atoms with Gasteiger partial charge < -0.3 is 15.0 Å². The summed E-state index contributed by atoms with van der Waals surface area (Å²) in [5, 5.41) is 3.55. The lowest BCUT2D eigenvalue weighted by atomic mass is 9.95. The van der Waals surface area contributed by atoms with Crippen LogP contribution < -0.4 is 5.32 Å². The van der Waals surface area contributed by atoms with Gasteiger partial charge in [-0.2, -0.15) is 0 Å². The van der Waals surface area contributed by atoms with Crippen LogP contribution in [-0.4, -0.2) is 44.3 Å². The molecule has 1 heterocycles. The van der Waals surface area contributed by atoms with E-state index >= 15 is 0 Å². The molecule has 0 spiro atoms. The van der Waals surface area contributed by atoms with Gasteiger partial charge in [-0.05, 0) is 37.7 Å². The average molecular weight is 280 g/mol. The van der Waals surface area contributed by atoms with E-state index in [1.807, 2.05) is 12.1 Å². The maximum absolute atomic E-state index is 12.9. The van der Waals surface area contributed by atoms with Gasteiger partial charge in [0.2, 0.25) is 0 Å². The van der Waals surface area contributed by atoms with E-state index in [4.69, 9.17) is 4.74 Å². The van der Waals surface area contributed by atoms with Gasteiger partial charge in [-0.1, -0.05) is 19.1 Å². The van der Waals surface area contributed by atoms with Gasteiger partial charge in [0.1, 0.15) is 5.82 Å². The Labute approximate surface area is 121 Å². The van der Waals surface area contributed by atoms with Gasteiger partial charge in [-0.15, -0.1) is 0 Å². The minimum atomic E-state index is -0.177. The molecule has 2 rings (SSSR count). The van der Waals surface area contributed by atoms with Crippen molar-refractivity contribution in [2.75, 3.05) is 33.4 Å². The highest BCUT2D eigenvalue weighted by Gasteiger charge is 2.25. The number of nitrogens with zero attached hydrogens (tertiary/aromatic N) is 1. The number of nitrogens with one attached hydrogen (secondary N) is 1. The van der Waals surface area contributed by atoms with Crippen molar-refractivity contribution >= 4 is 0 Å². The highest BCUT2D eigenvalue weighted by atomic mass is 19.1. The highest BCUT2D eigenvalue weighted by molar-refractivity contribution is 5.15. The molecule has 20 heavy (non-hydrogen) atoms. The minimum Gasteiger partial charge on any atom is -0.381 e. The van der Waals surface area contributed by atoms with Crippen molar-refractivity contribution < 1.29 is 9.13 Å². The van der Waals surface area contributed by atoms with E-state index < -0.39 is 0 Å². The zero-order chi connectivity index (χ0) is 14.4. The first-order valence-corrected chi connectivity index (χ1v) is 7.43. The molecule has 2 atom stereocenters. The van der Waals surface area contributed by atoms with Gasteiger partial charge in [0, 0.05) is 31.7 Å². The molecule has 0 amide bonds. The fraction of sp³-hybridized carbons (Fsp3) is 0.625. The molecule has 1 aromatic carbocycles. The van der Waals surface area contributed by atoms with E-state index in [1.54, 1.807) is 0 Å². The highest BCUT2D eigenvalue weighted by Crippen LogP contribution is 2.17. The molecule has 1 fully saturated rings. The molecule has 0 aromatic heterocycles. The fourth-order valence-corrected chi connectivity index (χ4v) is 2.87. The number of hydrogen-bond donors (Lipinski definition) is 1. The SMILES string of the molecule is CCNC1CCOCC1CN(C)Cc1ccc(F)cc1. The van der Waals surface area contributed by atoms with Crippen LogP contribution in [0.25, 0.3) is 0 Å². The average Bonchev–Trinajstić information content (AvgIpc) is 2.44. The van der Waals surface area contributed by atoms with Crippen LogP contribution in [0, 0.1) is 11.7 Å². The van der Waals surface area contributed by atoms with E-state index in [9.17, 15) is 4.39 Å². The van der Waals surface area contributed by atoms with Crippen molar-refractivity contribution in [1.82, 2.24) is 10.2 Å². The van der Waals surface area contributed by atoms with E-state index in [-0.39, 0.29) is 5.82 Å². The van der Waals surface area contributed by atoms with Crippen molar-refractivity contribution in [1.29, 1.82) is 0 Å². The van der Waals surface area contributed by atoms with Gasteiger partial charge >= 0.3 is 0 Å². The molecule has 0 aliphatic carbocycles. The fourth-order valence-electron chi connectivity index (χ4n) is 2.87. The number of ether oxygens (including phenoxy) is 1. The largest absolute Gasteiger partial charge is 0.381 e. The van der Waals surface area contributed by atoms with Crippen molar-refractivity contribution in [3.8, 4) is 0 Å². The normalized spacial score (nSPS) is 23.2. The molecule has 0 saturated carbocycles. The molecule has 1 aliphatic rings. The third-order valence-electron chi connectivity index (χ3n) is 3.85. The van der Waals surface area contributed by atoms with Crippen LogP contribution in [0.2, 0.25) is 0 Å². The maximum atomic E-state index is 12.9. The molecule has 1 aromatic rings. The van der Waals surface area contributed by atoms with Crippen LogP contribution in [0.4, 0.5) is 4.39 Å². The van der Waals surface area contributed by atoms with Gasteiger partial charge in [0.25, 0.3) is 0 Å². The van der Waals surface area contributed by atoms with Crippen LogP contribution in [-0.2, 0) is 11.3 Å². The third-order valence-corrected chi connectivity index (χ3v) is 3.85. The Balaban J connectivity index is 1.85. The quantitative estimate of drug-likeness (QED) is 0.865. The Morgan fingerprint density at radius 1 is 1.35 bits per heavy atom. The lowest BCUT2D eigenvalue weighted by Crippen LogP contribution is -2.47. The molecule has 1 saturated heterocycles. The zero-order valence-electron chi connectivity index (χ0n) is 12.4. The van der Waals surface area contributed by atoms with Gasteiger partial charge in [0.05, 0.1) is 6.61 Å². The third kappa shape index (κ3) is 4.54. The van der Waals surface area contributed by atoms with Crippen LogP contribution in [0.3, 0.4) is 0 Å². The van der Waals surface area contributed by atoms with Gasteiger partial charge in [0.15, 0.2) is 0 Å². The van der Waals surface area contributed by atoms with E-state index in [0.717, 1.165) is 44.8 Å². The molecular formula is C16H25FN2O. The first kappa shape index (κ1) is 15.4. The summed E-state index contributed by atoms with van der Waals surface area (Å²) >= 11 is 0. The topological polar surface area (TPSA) is 24.5 Å². The summed E-state index contributed by atoms with van der Waals surface area (Å²) in [5.74, 6) is 0.346. The second-order valence-electron chi connectivity index (χ2n) is 5.61. The molecule has 0 bridgehead atoms. The molecule has 1 aliphatic heterocycles. The summed E-state index contributed by atoms with van der Waals surface area (Å²) in [5.41, 5.74) is 1.14. The molecule has 3 nitrogen and oxygen atoms in total. The number of halogens is 1. The minimum absolute atomic E-state index is 0.177. The van der Waals surface area contributed by atoms with E-state index in [0.29, 0.717) is 12.0 Å². The molecule has 112 valence electrons. The molecule has 4 heteroatoms. The van der Waals surface area contributed by atoms with Crippen LogP contribution in [0.15, 0.2) is 24.3 Å². The lowest BCUT2D eigenvalue weighted by Gasteiger charge is -2.34. The molecular weight excluding hydrogens is 255 g/mol. The standard InChI is InChI=1S/C16H25FN2O/c1-3-18-16-8-9-20-12-14(16)11-19(2)10-13-4-6-15(17)7-5-13/h4-7,14,16,18H,3,8-12H2,1-2H3. The summed E-state index contributed by atoms with van der Waals surface area (Å²) in [7, 11) is 2.11. The van der Waals surface area contributed by atoms with Crippen molar-refractivity contribution in [2.45, 2.75) is 25.9 Å². The Hall–Kier alpha value is -0.970. The second-order valence-corrected chi connectivity index (χ2v) is 5.61. The molecule has 1 N–H and O–H groups in total. The monoisotopic (exact) mass is 280 g/mol. The van der Waals surface area contributed by atoms with Crippen LogP contribution in [0.1, 0.15) is 18.9 Å². The predicted molar refractivity (Wildman–Crippen MR) is 79.1 cm³/mol. The lowest BCUT2D eigenvalue weighted by molar-refractivity contribution is 0.0193. The Bertz CT molecular complexity index is 394. The van der Waals surface area contributed by atoms with Gasteiger partial charge in [-0.25, -0.2) is 4.39 Å². The summed E-state index contributed by atoms with van der Waals surface area (Å²) in [6, 6.07) is 7.29. The summed E-state index contributed by atoms with van der Waals surface area (Å²) in [4.78, 5) is 2.29. The van der Waals surface area contributed by atoms with E-state index in [2.05, 4.69) is 24.2 Å². The van der Waals surface area contributed by atoms with Crippen molar-refractivity contribution in [3.05, 3.63) is 35.6 Å². The zero-order valence-corrected chi connectivity index (χ0v) is 12.4. The summed E-state index contributed by atoms with van der Waals surface area (Å²) < 4.78 is 18.5. The molecule has 2 unspecified atom stereocenters. The molecule has 0 radical (unpaired) electrons. The van der Waals surface area contributed by atoms with Gasteiger partial charge in [-0.3, -0.25) is 0 Å². The van der Waals surface area contributed by atoms with Crippen LogP contribution >= 0.6 is 0 Å². The summed E-state index contributed by atoms with van der Waals surface area (Å²) in [6.07, 6.45) is 1.09. The summed E-state index contributed by atoms with van der Waals surface area (Å²) in [6.45, 7) is 6.67. The maximum Gasteiger partial charge on any atom is 0.123 e. The number of benzene rings is 1. The first-order chi connectivity index (χ1) is 9.69. The predicted octanol–water partition coefficient (Wildman–Crippen LogP) is 2.27. The van der Waals surface area contributed by atoms with Crippen molar-refractivity contribution in [3.63, 3.8) is 0 Å². The number of rotatable bonds is 6. The first-order valence-electron chi connectivity index (χ1n) is 7.43. The van der Waals surface area contributed by atoms with Crippen LogP contribution in [0.5, 0.6) is 0 Å². The number of hydrogen-bond acceptors (Lipinski definition) is 3. The van der Waals surface area contributed by atoms with Crippen molar-refractivity contribution in [2.24, 2.45) is 5.92 Å².